The summed E-state index contributed by atoms with van der Waals surface area (Å²) in [4.78, 5) is 23.7. The van der Waals surface area contributed by atoms with Gasteiger partial charge >= 0.3 is 12.0 Å². The van der Waals surface area contributed by atoms with Crippen LogP contribution in [0.4, 0.5) is 4.79 Å². The van der Waals surface area contributed by atoms with Gasteiger partial charge in [-0.05, 0) is 13.3 Å². The van der Waals surface area contributed by atoms with Crippen molar-refractivity contribution in [2.75, 3.05) is 13.1 Å². The molecule has 0 fully saturated rings. The van der Waals surface area contributed by atoms with E-state index in [9.17, 15) is 9.59 Å². The Morgan fingerprint density at radius 3 is 2.62 bits per heavy atom. The Hall–Kier alpha value is -1.52. The Labute approximate surface area is 96.1 Å². The highest BCUT2D eigenvalue weighted by atomic mass is 16.4. The third-order valence-corrected chi connectivity index (χ3v) is 1.98. The first-order valence-electron chi connectivity index (χ1n) is 5.39. The third kappa shape index (κ3) is 6.06. The summed E-state index contributed by atoms with van der Waals surface area (Å²) >= 11 is 0. The summed E-state index contributed by atoms with van der Waals surface area (Å²) in [6, 6.07) is -0.607. The first-order valence-corrected chi connectivity index (χ1v) is 5.39. The van der Waals surface area contributed by atoms with E-state index < -0.39 is 5.97 Å². The Morgan fingerprint density at radius 1 is 1.56 bits per heavy atom. The van der Waals surface area contributed by atoms with Crippen LogP contribution in [0, 0.1) is 0 Å². The SMILES string of the molecule is C=CCN(CCC)C(=O)NC(C)CC(=O)O. The number of carbonyl (C=O) groups is 2. The molecule has 0 aromatic rings. The summed E-state index contributed by atoms with van der Waals surface area (Å²) in [5.41, 5.74) is 0. The second-order valence-corrected chi connectivity index (χ2v) is 3.68. The minimum atomic E-state index is -0.918. The van der Waals surface area contributed by atoms with Crippen LogP contribution in [0.5, 0.6) is 0 Å². The van der Waals surface area contributed by atoms with Crippen LogP contribution in [0.25, 0.3) is 0 Å². The monoisotopic (exact) mass is 228 g/mol. The predicted molar refractivity (Wildman–Crippen MR) is 62.3 cm³/mol. The van der Waals surface area contributed by atoms with Crippen molar-refractivity contribution in [2.45, 2.75) is 32.7 Å². The van der Waals surface area contributed by atoms with Gasteiger partial charge in [0.2, 0.25) is 0 Å². The van der Waals surface area contributed by atoms with Crippen molar-refractivity contribution < 1.29 is 14.7 Å². The van der Waals surface area contributed by atoms with Crippen LogP contribution in [0.1, 0.15) is 26.7 Å². The van der Waals surface area contributed by atoms with Crippen molar-refractivity contribution in [1.29, 1.82) is 0 Å². The van der Waals surface area contributed by atoms with Crippen molar-refractivity contribution in [2.24, 2.45) is 0 Å². The molecule has 0 radical (unpaired) electrons. The van der Waals surface area contributed by atoms with E-state index in [-0.39, 0.29) is 18.5 Å². The van der Waals surface area contributed by atoms with Gasteiger partial charge < -0.3 is 15.3 Å². The molecule has 0 aliphatic carbocycles. The van der Waals surface area contributed by atoms with E-state index in [4.69, 9.17) is 5.11 Å². The fourth-order valence-corrected chi connectivity index (χ4v) is 1.32. The number of hydrogen-bond acceptors (Lipinski definition) is 2. The van der Waals surface area contributed by atoms with Gasteiger partial charge in [0.05, 0.1) is 6.42 Å². The number of aliphatic carboxylic acids is 1. The average Bonchev–Trinajstić information content (AvgIpc) is 2.15. The van der Waals surface area contributed by atoms with Crippen molar-refractivity contribution in [3.05, 3.63) is 12.7 Å². The first-order chi connectivity index (χ1) is 7.51. The molecule has 0 spiro atoms. The van der Waals surface area contributed by atoms with E-state index in [1.54, 1.807) is 17.9 Å². The second-order valence-electron chi connectivity index (χ2n) is 3.68. The maximum Gasteiger partial charge on any atom is 0.317 e. The minimum Gasteiger partial charge on any atom is -0.481 e. The fraction of sp³-hybridized carbons (Fsp3) is 0.636. The third-order valence-electron chi connectivity index (χ3n) is 1.98. The molecular weight excluding hydrogens is 208 g/mol. The lowest BCUT2D eigenvalue weighted by Crippen LogP contribution is -2.44. The van der Waals surface area contributed by atoms with Gasteiger partial charge in [-0.25, -0.2) is 4.79 Å². The number of hydrogen-bond donors (Lipinski definition) is 2. The molecule has 0 saturated carbocycles. The molecule has 16 heavy (non-hydrogen) atoms. The smallest absolute Gasteiger partial charge is 0.317 e. The van der Waals surface area contributed by atoms with Gasteiger partial charge in [0.1, 0.15) is 0 Å². The zero-order chi connectivity index (χ0) is 12.6. The van der Waals surface area contributed by atoms with Crippen LogP contribution in [-0.4, -0.2) is 41.1 Å². The lowest BCUT2D eigenvalue weighted by Gasteiger charge is -2.23. The highest BCUT2D eigenvalue weighted by molar-refractivity contribution is 5.76. The molecule has 0 bridgehead atoms. The van der Waals surface area contributed by atoms with Crippen molar-refractivity contribution in [1.82, 2.24) is 10.2 Å². The number of carboxylic acid groups (broad SMARTS) is 1. The summed E-state index contributed by atoms with van der Waals surface area (Å²) in [5, 5.41) is 11.2. The van der Waals surface area contributed by atoms with Crippen LogP contribution >= 0.6 is 0 Å². The van der Waals surface area contributed by atoms with Gasteiger partial charge in [-0.1, -0.05) is 13.0 Å². The van der Waals surface area contributed by atoms with Crippen LogP contribution in [0.3, 0.4) is 0 Å². The largest absolute Gasteiger partial charge is 0.481 e. The zero-order valence-electron chi connectivity index (χ0n) is 9.90. The minimum absolute atomic E-state index is 0.0696. The van der Waals surface area contributed by atoms with Gasteiger partial charge in [-0.3, -0.25) is 4.79 Å². The summed E-state index contributed by atoms with van der Waals surface area (Å²) < 4.78 is 0. The number of nitrogens with zero attached hydrogens (tertiary/aromatic N) is 1. The highest BCUT2D eigenvalue weighted by Gasteiger charge is 2.15. The van der Waals surface area contributed by atoms with Gasteiger partial charge in [-0.15, -0.1) is 6.58 Å². The van der Waals surface area contributed by atoms with E-state index in [0.29, 0.717) is 13.1 Å². The predicted octanol–water partition coefficient (Wildman–Crippen LogP) is 1.46. The Bertz CT molecular complexity index is 254. The van der Waals surface area contributed by atoms with E-state index >= 15 is 0 Å². The number of urea groups is 1. The molecule has 0 aromatic carbocycles. The Kier molecular flexibility index (Phi) is 7.00. The Morgan fingerprint density at radius 2 is 2.19 bits per heavy atom. The van der Waals surface area contributed by atoms with Crippen molar-refractivity contribution in [3.8, 4) is 0 Å². The van der Waals surface area contributed by atoms with Gasteiger partial charge in [-0.2, -0.15) is 0 Å². The van der Waals surface area contributed by atoms with Crippen molar-refractivity contribution >= 4 is 12.0 Å². The number of carboxylic acids is 1. The molecule has 1 atom stereocenters. The molecular formula is C11H20N2O3. The van der Waals surface area contributed by atoms with E-state index in [0.717, 1.165) is 6.42 Å². The molecule has 92 valence electrons. The summed E-state index contributed by atoms with van der Waals surface area (Å²) in [5.74, 6) is -0.918. The molecule has 2 N–H and O–H groups in total. The number of carbonyl (C=O) groups excluding carboxylic acids is 1. The Balaban J connectivity index is 4.17. The van der Waals surface area contributed by atoms with Gasteiger partial charge in [0, 0.05) is 19.1 Å². The van der Waals surface area contributed by atoms with Crippen LogP contribution in [0.2, 0.25) is 0 Å². The average molecular weight is 228 g/mol. The normalized spacial score (nSPS) is 11.6. The standard InChI is InChI=1S/C11H20N2O3/c1-4-6-13(7-5-2)11(16)12-9(3)8-10(14)15/h4,9H,1,5-8H2,2-3H3,(H,12,16)(H,14,15). The van der Waals surface area contributed by atoms with Crippen LogP contribution in [-0.2, 0) is 4.79 Å². The molecule has 0 heterocycles. The highest BCUT2D eigenvalue weighted by Crippen LogP contribution is 1.97. The topological polar surface area (TPSA) is 69.6 Å². The first kappa shape index (κ1) is 14.5. The van der Waals surface area contributed by atoms with Gasteiger partial charge in [0.15, 0.2) is 0 Å². The van der Waals surface area contributed by atoms with Crippen LogP contribution in [0.15, 0.2) is 12.7 Å². The quantitative estimate of drug-likeness (QED) is 0.648. The van der Waals surface area contributed by atoms with Gasteiger partial charge in [0.25, 0.3) is 0 Å². The molecule has 1 unspecified atom stereocenters. The molecule has 0 aliphatic rings. The maximum atomic E-state index is 11.7. The van der Waals surface area contributed by atoms with E-state index in [1.165, 1.54) is 0 Å². The molecule has 0 aromatic heterocycles. The fourth-order valence-electron chi connectivity index (χ4n) is 1.32. The molecule has 0 aliphatic heterocycles. The summed E-state index contributed by atoms with van der Waals surface area (Å²) in [6.07, 6.45) is 2.44. The number of rotatable bonds is 7. The summed E-state index contributed by atoms with van der Waals surface area (Å²) in [6.45, 7) is 8.33. The number of amides is 2. The maximum absolute atomic E-state index is 11.7. The lowest BCUT2D eigenvalue weighted by atomic mass is 10.2. The number of nitrogens with one attached hydrogen (secondary N) is 1. The van der Waals surface area contributed by atoms with Crippen molar-refractivity contribution in [3.63, 3.8) is 0 Å². The second kappa shape index (κ2) is 7.73. The molecule has 5 heteroatoms. The van der Waals surface area contributed by atoms with E-state index in [1.807, 2.05) is 6.92 Å². The van der Waals surface area contributed by atoms with Crippen LogP contribution < -0.4 is 5.32 Å². The lowest BCUT2D eigenvalue weighted by molar-refractivity contribution is -0.137. The molecule has 0 rings (SSSR count). The molecule has 0 saturated heterocycles. The summed E-state index contributed by atoms with van der Waals surface area (Å²) in [7, 11) is 0. The molecule has 2 amide bonds. The van der Waals surface area contributed by atoms with E-state index in [2.05, 4.69) is 11.9 Å². The molecule has 5 nitrogen and oxygen atoms in total. The zero-order valence-corrected chi connectivity index (χ0v) is 9.90.